The molecule has 0 amide bonds. The van der Waals surface area contributed by atoms with Gasteiger partial charge in [0.15, 0.2) is 0 Å². The monoisotopic (exact) mass is 485 g/mol. The lowest BCUT2D eigenvalue weighted by Crippen LogP contribution is -2.34. The number of rotatable bonds is 4. The van der Waals surface area contributed by atoms with E-state index in [0.29, 0.717) is 5.92 Å². The number of pyridine rings is 1. The number of aliphatic imine (C=N–C) groups is 1. The van der Waals surface area contributed by atoms with Crippen LogP contribution in [-0.2, 0) is 22.8 Å². The van der Waals surface area contributed by atoms with Crippen LogP contribution >= 0.6 is 0 Å². The van der Waals surface area contributed by atoms with Gasteiger partial charge in [0.25, 0.3) is 0 Å². The lowest BCUT2D eigenvalue weighted by molar-refractivity contribution is 0.317. The van der Waals surface area contributed by atoms with Gasteiger partial charge in [-0.05, 0) is 77.3 Å². The highest BCUT2D eigenvalue weighted by molar-refractivity contribution is 5.80. The van der Waals surface area contributed by atoms with E-state index in [0.717, 1.165) is 12.2 Å². The van der Waals surface area contributed by atoms with Gasteiger partial charge in [0.2, 0.25) is 0 Å². The van der Waals surface area contributed by atoms with Crippen molar-refractivity contribution in [3.05, 3.63) is 58.0 Å². The molecular weight excluding hydrogens is 438 g/mol. The lowest BCUT2D eigenvalue weighted by Gasteiger charge is -2.40. The van der Waals surface area contributed by atoms with Gasteiger partial charge in [-0.2, -0.15) is 0 Å². The molecule has 0 spiro atoms. The minimum Gasteiger partial charge on any atom is -0.338 e. The Morgan fingerprint density at radius 3 is 2.25 bits per heavy atom. The van der Waals surface area contributed by atoms with Crippen LogP contribution in [0.25, 0.3) is 6.08 Å². The van der Waals surface area contributed by atoms with Crippen molar-refractivity contribution in [2.24, 2.45) is 16.3 Å². The molecule has 0 saturated heterocycles. The van der Waals surface area contributed by atoms with E-state index in [1.54, 1.807) is 0 Å². The maximum Gasteiger partial charge on any atom is 0.0862 e. The van der Waals surface area contributed by atoms with E-state index in [4.69, 9.17) is 4.98 Å². The largest absolute Gasteiger partial charge is 0.338 e. The Morgan fingerprint density at radius 1 is 1.03 bits per heavy atom. The highest BCUT2D eigenvalue weighted by atomic mass is 15.2. The molecule has 4 rings (SSSR count). The van der Waals surface area contributed by atoms with Gasteiger partial charge >= 0.3 is 0 Å². The van der Waals surface area contributed by atoms with Gasteiger partial charge in [-0.3, -0.25) is 9.98 Å². The van der Waals surface area contributed by atoms with Crippen LogP contribution in [0.4, 0.5) is 11.4 Å². The summed E-state index contributed by atoms with van der Waals surface area (Å²) >= 11 is 0. The zero-order valence-corrected chi connectivity index (χ0v) is 24.6. The van der Waals surface area contributed by atoms with Crippen molar-refractivity contribution < 1.29 is 0 Å². The maximum atomic E-state index is 4.83. The minimum absolute atomic E-state index is 0.0146. The van der Waals surface area contributed by atoms with Gasteiger partial charge in [-0.15, -0.1) is 0 Å². The molecule has 36 heavy (non-hydrogen) atoms. The standard InChI is InChI=1S/C33H47N3/c1-21(2)18-33(11)20-32(9,10)24-17-27(26(34-12)16-25(24)33)36-19-22-13-14-35-29(31(6,7)8)23(22)15-28(36)30(3,4)5/h13-17,21H,12,18-20H2,1-11H3. The van der Waals surface area contributed by atoms with Gasteiger partial charge in [0.1, 0.15) is 0 Å². The van der Waals surface area contributed by atoms with Gasteiger partial charge in [0, 0.05) is 34.8 Å². The minimum atomic E-state index is -0.0399. The van der Waals surface area contributed by atoms with Crippen molar-refractivity contribution >= 4 is 24.2 Å². The summed E-state index contributed by atoms with van der Waals surface area (Å²) in [6.07, 6.45) is 6.72. The van der Waals surface area contributed by atoms with Crippen LogP contribution in [0.15, 0.2) is 35.1 Å². The zero-order chi connectivity index (χ0) is 26.8. The summed E-state index contributed by atoms with van der Waals surface area (Å²) in [5, 5.41) is 0. The van der Waals surface area contributed by atoms with E-state index >= 15 is 0 Å². The quantitative estimate of drug-likeness (QED) is 0.404. The zero-order valence-electron chi connectivity index (χ0n) is 24.6. The van der Waals surface area contributed by atoms with Crippen molar-refractivity contribution in [2.75, 3.05) is 4.90 Å². The third kappa shape index (κ3) is 4.55. The molecule has 2 aliphatic rings. The Kier molecular flexibility index (Phi) is 6.34. The second kappa shape index (κ2) is 8.57. The Hall–Kier alpha value is -2.42. The van der Waals surface area contributed by atoms with Crippen molar-refractivity contribution in [3.63, 3.8) is 0 Å². The molecular formula is C33H47N3. The number of benzene rings is 1. The van der Waals surface area contributed by atoms with Crippen LogP contribution in [-0.4, -0.2) is 11.7 Å². The molecule has 0 fully saturated rings. The van der Waals surface area contributed by atoms with Gasteiger partial charge < -0.3 is 4.90 Å². The molecule has 1 aliphatic heterocycles. The van der Waals surface area contributed by atoms with Crippen LogP contribution in [0.1, 0.15) is 117 Å². The Morgan fingerprint density at radius 2 is 1.69 bits per heavy atom. The molecule has 1 aliphatic carbocycles. The molecule has 0 bridgehead atoms. The van der Waals surface area contributed by atoms with Crippen molar-refractivity contribution in [2.45, 2.75) is 112 Å². The molecule has 2 heterocycles. The molecule has 3 heteroatoms. The molecule has 0 radical (unpaired) electrons. The van der Waals surface area contributed by atoms with Crippen LogP contribution in [0.3, 0.4) is 0 Å². The van der Waals surface area contributed by atoms with E-state index in [1.165, 1.54) is 52.2 Å². The third-order valence-electron chi connectivity index (χ3n) is 8.11. The molecule has 0 N–H and O–H groups in total. The molecule has 2 aromatic rings. The number of aromatic nitrogens is 1. The number of hydrogen-bond donors (Lipinski definition) is 0. The third-order valence-corrected chi connectivity index (χ3v) is 8.11. The number of nitrogens with zero attached hydrogens (tertiary/aromatic N) is 3. The summed E-state index contributed by atoms with van der Waals surface area (Å²) < 4.78 is 0. The summed E-state index contributed by atoms with van der Waals surface area (Å²) in [7, 11) is 0. The molecule has 1 aromatic carbocycles. The van der Waals surface area contributed by atoms with Crippen molar-refractivity contribution in [1.82, 2.24) is 4.98 Å². The Balaban J connectivity index is 1.94. The Bertz CT molecular complexity index is 1220. The lowest BCUT2D eigenvalue weighted by atomic mass is 9.75. The number of hydrogen-bond acceptors (Lipinski definition) is 3. The molecule has 3 nitrogen and oxygen atoms in total. The fourth-order valence-electron chi connectivity index (χ4n) is 6.94. The summed E-state index contributed by atoms with van der Waals surface area (Å²) in [4.78, 5) is 11.9. The van der Waals surface area contributed by atoms with Crippen molar-refractivity contribution in [3.8, 4) is 0 Å². The average Bonchev–Trinajstić information content (AvgIpc) is 2.93. The number of fused-ring (bicyclic) bond motifs is 2. The van der Waals surface area contributed by atoms with Crippen LogP contribution in [0.2, 0.25) is 0 Å². The van der Waals surface area contributed by atoms with Crippen LogP contribution < -0.4 is 4.90 Å². The maximum absolute atomic E-state index is 4.83. The second-order valence-corrected chi connectivity index (χ2v) is 14.6. The fourth-order valence-corrected chi connectivity index (χ4v) is 6.94. The molecule has 194 valence electrons. The number of allylic oxidation sites excluding steroid dienone is 1. The van der Waals surface area contributed by atoms with Crippen LogP contribution in [0, 0.1) is 11.3 Å². The van der Waals surface area contributed by atoms with E-state index in [1.807, 2.05) is 6.20 Å². The first kappa shape index (κ1) is 26.6. The Labute approximate surface area is 220 Å². The smallest absolute Gasteiger partial charge is 0.0862 e. The molecule has 0 saturated carbocycles. The molecule has 1 unspecified atom stereocenters. The predicted molar refractivity (Wildman–Crippen MR) is 157 cm³/mol. The first-order chi connectivity index (χ1) is 16.5. The second-order valence-electron chi connectivity index (χ2n) is 14.6. The summed E-state index contributed by atoms with van der Waals surface area (Å²) in [5.74, 6) is 0.649. The first-order valence-electron chi connectivity index (χ1n) is 13.6. The fraction of sp³-hybridized carbons (Fsp3) is 0.576. The predicted octanol–water partition coefficient (Wildman–Crippen LogP) is 9.10. The molecule has 1 atom stereocenters. The van der Waals surface area contributed by atoms with E-state index in [2.05, 4.69) is 117 Å². The van der Waals surface area contributed by atoms with E-state index in [9.17, 15) is 0 Å². The topological polar surface area (TPSA) is 28.5 Å². The van der Waals surface area contributed by atoms with Gasteiger partial charge in [-0.25, -0.2) is 0 Å². The summed E-state index contributed by atoms with van der Waals surface area (Å²) in [6, 6.07) is 6.99. The van der Waals surface area contributed by atoms with E-state index < -0.39 is 0 Å². The highest BCUT2D eigenvalue weighted by Crippen LogP contribution is 2.55. The van der Waals surface area contributed by atoms with Gasteiger partial charge in [0.05, 0.1) is 17.1 Å². The average molecular weight is 486 g/mol. The van der Waals surface area contributed by atoms with E-state index in [-0.39, 0.29) is 21.7 Å². The summed E-state index contributed by atoms with van der Waals surface area (Å²) in [6.45, 7) is 30.5. The van der Waals surface area contributed by atoms with Gasteiger partial charge in [-0.1, -0.05) is 76.2 Å². The SMILES string of the molecule is C=Nc1cc2c(cc1N1Cc3ccnc(C(C)(C)C)c3C=C1C(C)(C)C)C(C)(C)CC2(C)CC(C)C. The highest BCUT2D eigenvalue weighted by Gasteiger charge is 2.46. The normalized spacial score (nSPS) is 21.3. The first-order valence-corrected chi connectivity index (χ1v) is 13.6. The molecule has 1 aromatic heterocycles. The number of anilines is 1. The van der Waals surface area contributed by atoms with Crippen LogP contribution in [0.5, 0.6) is 0 Å². The van der Waals surface area contributed by atoms with Crippen molar-refractivity contribution in [1.29, 1.82) is 0 Å². The summed E-state index contributed by atoms with van der Waals surface area (Å²) in [5.41, 5.74) is 10.4.